The first-order chi connectivity index (χ1) is 9.24. The normalized spacial score (nSPS) is 23.9. The number of rotatable bonds is 2. The third-order valence-corrected chi connectivity index (χ3v) is 5.20. The molecule has 1 amide bonds. The molecule has 0 bridgehead atoms. The summed E-state index contributed by atoms with van der Waals surface area (Å²) < 4.78 is 4.20. The zero-order chi connectivity index (χ0) is 13.2. The Morgan fingerprint density at radius 3 is 2.74 bits per heavy atom. The molecular weight excluding hydrogens is 282 g/mol. The maximum Gasteiger partial charge on any atom is 0.240 e. The van der Waals surface area contributed by atoms with Crippen molar-refractivity contribution < 1.29 is 4.79 Å². The summed E-state index contributed by atoms with van der Waals surface area (Å²) in [5, 5.41) is 4.21. The molecular formula is C11H17N5OS2. The highest BCUT2D eigenvalue weighted by atomic mass is 32.2. The van der Waals surface area contributed by atoms with E-state index < -0.39 is 0 Å². The Hall–Kier alpha value is -0.860. The van der Waals surface area contributed by atoms with Crippen LogP contribution < -0.4 is 10.2 Å². The van der Waals surface area contributed by atoms with Gasteiger partial charge in [0.1, 0.15) is 5.82 Å². The van der Waals surface area contributed by atoms with Crippen molar-refractivity contribution in [2.45, 2.75) is 13.0 Å². The van der Waals surface area contributed by atoms with Crippen LogP contribution in [0.4, 0.5) is 5.13 Å². The second-order valence-electron chi connectivity index (χ2n) is 4.71. The van der Waals surface area contributed by atoms with Crippen molar-refractivity contribution in [3.05, 3.63) is 5.82 Å². The van der Waals surface area contributed by atoms with Crippen LogP contribution in [0.15, 0.2) is 0 Å². The summed E-state index contributed by atoms with van der Waals surface area (Å²) in [6, 6.07) is 0.0142. The third kappa shape index (κ3) is 2.85. The van der Waals surface area contributed by atoms with Crippen LogP contribution in [0.25, 0.3) is 0 Å². The molecule has 2 fully saturated rings. The molecule has 19 heavy (non-hydrogen) atoms. The lowest BCUT2D eigenvalue weighted by Crippen LogP contribution is -2.53. The van der Waals surface area contributed by atoms with Gasteiger partial charge in [-0.25, -0.2) is 4.98 Å². The molecule has 0 saturated carbocycles. The Balaban J connectivity index is 1.55. The molecule has 1 unspecified atom stereocenters. The number of carbonyl (C=O) groups excluding carboxylic acids is 1. The summed E-state index contributed by atoms with van der Waals surface area (Å²) >= 11 is 3.23. The van der Waals surface area contributed by atoms with Crippen LogP contribution in [0.1, 0.15) is 5.82 Å². The summed E-state index contributed by atoms with van der Waals surface area (Å²) in [6.45, 7) is 5.16. The highest BCUT2D eigenvalue weighted by molar-refractivity contribution is 7.99. The SMILES string of the molecule is Cc1nsc(N2CCN(C(=O)C3CSCN3)CC2)n1. The number of hydrogen-bond acceptors (Lipinski definition) is 7. The number of piperazine rings is 1. The van der Waals surface area contributed by atoms with Crippen molar-refractivity contribution >= 4 is 34.3 Å². The van der Waals surface area contributed by atoms with E-state index in [1.54, 1.807) is 11.8 Å². The van der Waals surface area contributed by atoms with Crippen molar-refractivity contribution in [2.75, 3.05) is 42.7 Å². The lowest BCUT2D eigenvalue weighted by Gasteiger charge is -2.35. The largest absolute Gasteiger partial charge is 0.343 e. The number of nitrogens with one attached hydrogen (secondary N) is 1. The summed E-state index contributed by atoms with van der Waals surface area (Å²) in [6.07, 6.45) is 0. The van der Waals surface area contributed by atoms with Gasteiger partial charge in [0.2, 0.25) is 11.0 Å². The molecule has 2 aliphatic rings. The van der Waals surface area contributed by atoms with Gasteiger partial charge in [0.05, 0.1) is 6.04 Å². The fraction of sp³-hybridized carbons (Fsp3) is 0.727. The van der Waals surface area contributed by atoms with E-state index in [2.05, 4.69) is 19.6 Å². The molecule has 1 N–H and O–H groups in total. The molecule has 2 saturated heterocycles. The van der Waals surface area contributed by atoms with Crippen molar-refractivity contribution in [2.24, 2.45) is 0 Å². The number of nitrogens with zero attached hydrogens (tertiary/aromatic N) is 4. The highest BCUT2D eigenvalue weighted by Crippen LogP contribution is 2.19. The monoisotopic (exact) mass is 299 g/mol. The minimum absolute atomic E-state index is 0.0142. The molecule has 3 rings (SSSR count). The van der Waals surface area contributed by atoms with Gasteiger partial charge in [-0.15, -0.1) is 11.8 Å². The molecule has 0 aromatic carbocycles. The second-order valence-corrected chi connectivity index (χ2v) is 6.47. The van der Waals surface area contributed by atoms with Crippen LogP contribution in [-0.2, 0) is 4.79 Å². The second kappa shape index (κ2) is 5.64. The molecule has 0 spiro atoms. The van der Waals surface area contributed by atoms with Crippen LogP contribution in [0.2, 0.25) is 0 Å². The number of aryl methyl sites for hydroxylation is 1. The molecule has 8 heteroatoms. The van der Waals surface area contributed by atoms with Crippen LogP contribution in [-0.4, -0.2) is 64.0 Å². The molecule has 1 atom stereocenters. The predicted molar refractivity (Wildman–Crippen MR) is 77.7 cm³/mol. The Morgan fingerprint density at radius 2 is 2.16 bits per heavy atom. The van der Waals surface area contributed by atoms with Crippen molar-refractivity contribution in [3.63, 3.8) is 0 Å². The Morgan fingerprint density at radius 1 is 1.37 bits per heavy atom. The zero-order valence-corrected chi connectivity index (χ0v) is 12.5. The van der Waals surface area contributed by atoms with Gasteiger partial charge in [0, 0.05) is 49.3 Å². The van der Waals surface area contributed by atoms with E-state index >= 15 is 0 Å². The lowest BCUT2D eigenvalue weighted by atomic mass is 10.2. The van der Waals surface area contributed by atoms with Crippen molar-refractivity contribution in [1.29, 1.82) is 0 Å². The molecule has 0 radical (unpaired) electrons. The molecule has 1 aromatic rings. The smallest absolute Gasteiger partial charge is 0.240 e. The highest BCUT2D eigenvalue weighted by Gasteiger charge is 2.30. The molecule has 6 nitrogen and oxygen atoms in total. The van der Waals surface area contributed by atoms with Gasteiger partial charge in [-0.05, 0) is 6.92 Å². The molecule has 2 aliphatic heterocycles. The maximum atomic E-state index is 12.3. The van der Waals surface area contributed by atoms with Gasteiger partial charge >= 0.3 is 0 Å². The minimum atomic E-state index is 0.0142. The van der Waals surface area contributed by atoms with E-state index in [1.165, 1.54) is 11.5 Å². The molecule has 3 heterocycles. The summed E-state index contributed by atoms with van der Waals surface area (Å²) in [5.74, 6) is 2.86. The van der Waals surface area contributed by atoms with Crippen LogP contribution >= 0.6 is 23.3 Å². The number of hydrogen-bond donors (Lipinski definition) is 1. The predicted octanol–water partition coefficient (Wildman–Crippen LogP) is 0.158. The van der Waals surface area contributed by atoms with E-state index in [1.807, 2.05) is 11.8 Å². The number of aromatic nitrogens is 2. The molecule has 1 aromatic heterocycles. The van der Waals surface area contributed by atoms with Gasteiger partial charge in [-0.1, -0.05) is 0 Å². The third-order valence-electron chi connectivity index (χ3n) is 3.39. The average Bonchev–Trinajstić information content (AvgIpc) is 3.09. The van der Waals surface area contributed by atoms with E-state index in [0.29, 0.717) is 0 Å². The summed E-state index contributed by atoms with van der Waals surface area (Å²) in [4.78, 5) is 20.8. The topological polar surface area (TPSA) is 61.4 Å². The first kappa shape index (κ1) is 13.1. The lowest BCUT2D eigenvalue weighted by molar-refractivity contribution is -0.132. The Labute approximate surface area is 120 Å². The first-order valence-corrected chi connectivity index (χ1v) is 8.32. The van der Waals surface area contributed by atoms with Crippen LogP contribution in [0.5, 0.6) is 0 Å². The fourth-order valence-corrected chi connectivity index (χ4v) is 3.97. The number of carbonyl (C=O) groups is 1. The van der Waals surface area contributed by atoms with E-state index in [9.17, 15) is 4.79 Å². The van der Waals surface area contributed by atoms with Gasteiger partial charge in [-0.3, -0.25) is 10.1 Å². The van der Waals surface area contributed by atoms with E-state index in [0.717, 1.165) is 48.8 Å². The van der Waals surface area contributed by atoms with Crippen molar-refractivity contribution in [3.8, 4) is 0 Å². The summed E-state index contributed by atoms with van der Waals surface area (Å²) in [5.41, 5.74) is 0. The van der Waals surface area contributed by atoms with Crippen LogP contribution in [0.3, 0.4) is 0 Å². The first-order valence-electron chi connectivity index (χ1n) is 6.39. The number of anilines is 1. The molecule has 104 valence electrons. The molecule has 0 aliphatic carbocycles. The van der Waals surface area contributed by atoms with Crippen LogP contribution in [0, 0.1) is 6.92 Å². The Kier molecular flexibility index (Phi) is 3.90. The van der Waals surface area contributed by atoms with Gasteiger partial charge in [-0.2, -0.15) is 4.37 Å². The van der Waals surface area contributed by atoms with Gasteiger partial charge in [0.15, 0.2) is 0 Å². The van der Waals surface area contributed by atoms with Gasteiger partial charge < -0.3 is 9.80 Å². The number of amides is 1. The maximum absolute atomic E-state index is 12.3. The standard InChI is InChI=1S/C11H17N5OS2/c1-8-13-11(19-14-8)16-4-2-15(3-5-16)10(17)9-6-18-7-12-9/h9,12H,2-7H2,1H3. The van der Waals surface area contributed by atoms with E-state index in [4.69, 9.17) is 0 Å². The fourth-order valence-electron chi connectivity index (χ4n) is 2.31. The minimum Gasteiger partial charge on any atom is -0.343 e. The van der Waals surface area contributed by atoms with E-state index in [-0.39, 0.29) is 11.9 Å². The van der Waals surface area contributed by atoms with Gasteiger partial charge in [0.25, 0.3) is 0 Å². The van der Waals surface area contributed by atoms with Crippen molar-refractivity contribution in [1.82, 2.24) is 19.6 Å². The zero-order valence-electron chi connectivity index (χ0n) is 10.8. The quantitative estimate of drug-likeness (QED) is 0.839. The number of thioether (sulfide) groups is 1. The summed E-state index contributed by atoms with van der Waals surface area (Å²) in [7, 11) is 0. The Bertz CT molecular complexity index is 452. The average molecular weight is 299 g/mol.